The van der Waals surface area contributed by atoms with Gasteiger partial charge in [0.2, 0.25) is 11.5 Å². The van der Waals surface area contributed by atoms with Gasteiger partial charge in [-0.1, -0.05) is 5.16 Å². The number of carbonyl (C=O) groups is 1. The van der Waals surface area contributed by atoms with Crippen LogP contribution in [0.2, 0.25) is 0 Å². The van der Waals surface area contributed by atoms with Gasteiger partial charge in [0.25, 0.3) is 0 Å². The van der Waals surface area contributed by atoms with Crippen LogP contribution in [-0.4, -0.2) is 35.3 Å². The number of methoxy groups -OCH3 is 1. The number of rotatable bonds is 3. The fourth-order valence-corrected chi connectivity index (χ4v) is 1.12. The van der Waals surface area contributed by atoms with Crippen LogP contribution in [0.3, 0.4) is 0 Å². The second-order valence-electron chi connectivity index (χ2n) is 2.07. The molecule has 0 atom stereocenters. The van der Waals surface area contributed by atoms with E-state index in [1.165, 1.54) is 14.2 Å². The molecule has 1 aromatic rings. The number of nitrogens with zero attached hydrogens (tertiary/aromatic N) is 3. The van der Waals surface area contributed by atoms with E-state index >= 15 is 0 Å². The lowest BCUT2D eigenvalue weighted by Gasteiger charge is -1.97. The largest absolute Gasteiger partial charge is 0.464 e. The molecule has 1 aromatic heterocycles. The lowest BCUT2D eigenvalue weighted by atomic mass is 10.4. The van der Waals surface area contributed by atoms with Crippen molar-refractivity contribution in [3.05, 3.63) is 5.82 Å². The summed E-state index contributed by atoms with van der Waals surface area (Å²) in [6, 6.07) is 0. The first-order chi connectivity index (χ1) is 6.69. The first kappa shape index (κ1) is 10.4. The van der Waals surface area contributed by atoms with Crippen molar-refractivity contribution in [2.45, 2.75) is 0 Å². The zero-order valence-electron chi connectivity index (χ0n) is 7.55. The van der Waals surface area contributed by atoms with E-state index in [0.717, 1.165) is 11.5 Å². The lowest BCUT2D eigenvalue weighted by molar-refractivity contribution is -0.132. The van der Waals surface area contributed by atoms with Gasteiger partial charge in [-0.25, -0.2) is 4.79 Å². The van der Waals surface area contributed by atoms with Crippen LogP contribution in [0.25, 0.3) is 0 Å². The molecule has 0 unspecified atom stereocenters. The molecule has 0 amide bonds. The van der Waals surface area contributed by atoms with Gasteiger partial charge in [0.15, 0.2) is 5.13 Å². The van der Waals surface area contributed by atoms with Crippen molar-refractivity contribution in [3.8, 4) is 0 Å². The minimum Gasteiger partial charge on any atom is -0.464 e. The number of ether oxygens (including phenoxy) is 1. The summed E-state index contributed by atoms with van der Waals surface area (Å²) in [4.78, 5) is 19.4. The number of esters is 1. The highest BCUT2D eigenvalue weighted by Gasteiger charge is 2.20. The molecule has 76 valence electrons. The quantitative estimate of drug-likeness (QED) is 0.421. The molecule has 0 saturated carbocycles. The van der Waals surface area contributed by atoms with Crippen LogP contribution < -0.4 is 5.73 Å². The van der Waals surface area contributed by atoms with Gasteiger partial charge >= 0.3 is 5.97 Å². The van der Waals surface area contributed by atoms with Crippen LogP contribution in [0, 0.1) is 0 Å². The van der Waals surface area contributed by atoms with Crippen LogP contribution in [-0.2, 0) is 14.4 Å². The number of aromatic nitrogens is 2. The Hall–Kier alpha value is -1.70. The lowest BCUT2D eigenvalue weighted by Crippen LogP contribution is -2.19. The normalized spacial score (nSPS) is 11.1. The Kier molecular flexibility index (Phi) is 3.35. The highest BCUT2D eigenvalue weighted by molar-refractivity contribution is 7.09. The third kappa shape index (κ3) is 2.16. The van der Waals surface area contributed by atoms with Gasteiger partial charge in [0.05, 0.1) is 7.11 Å². The molecule has 0 bridgehead atoms. The third-order valence-electron chi connectivity index (χ3n) is 1.21. The molecule has 14 heavy (non-hydrogen) atoms. The van der Waals surface area contributed by atoms with Crippen molar-refractivity contribution in [1.29, 1.82) is 0 Å². The first-order valence-corrected chi connectivity index (χ1v) is 4.25. The maximum atomic E-state index is 11.2. The molecule has 1 heterocycles. The molecule has 0 aliphatic carbocycles. The summed E-state index contributed by atoms with van der Waals surface area (Å²) < 4.78 is 8.26. The van der Waals surface area contributed by atoms with Gasteiger partial charge < -0.3 is 15.3 Å². The van der Waals surface area contributed by atoms with E-state index in [0.29, 0.717) is 0 Å². The van der Waals surface area contributed by atoms with Crippen molar-refractivity contribution in [2.75, 3.05) is 20.0 Å². The second-order valence-corrected chi connectivity index (χ2v) is 2.85. The fraction of sp³-hybridized carbons (Fsp3) is 0.333. The monoisotopic (exact) mass is 216 g/mol. The molecule has 0 fully saturated rings. The van der Waals surface area contributed by atoms with Crippen molar-refractivity contribution in [3.63, 3.8) is 0 Å². The van der Waals surface area contributed by atoms with E-state index in [1.54, 1.807) is 0 Å². The van der Waals surface area contributed by atoms with E-state index in [2.05, 4.69) is 24.1 Å². The Morgan fingerprint density at radius 3 is 2.71 bits per heavy atom. The van der Waals surface area contributed by atoms with E-state index < -0.39 is 5.97 Å². The minimum absolute atomic E-state index is 0.0983. The third-order valence-corrected chi connectivity index (χ3v) is 1.76. The number of nitrogen functional groups attached to an aromatic ring is 1. The predicted octanol–water partition coefficient (Wildman–Crippen LogP) is -0.356. The fourth-order valence-electron chi connectivity index (χ4n) is 0.689. The van der Waals surface area contributed by atoms with Gasteiger partial charge in [-0.05, 0) is 0 Å². The number of hydrogen-bond acceptors (Lipinski definition) is 8. The summed E-state index contributed by atoms with van der Waals surface area (Å²) in [5.74, 6) is -0.578. The molecule has 0 aromatic carbocycles. The number of hydrogen-bond donors (Lipinski definition) is 1. The van der Waals surface area contributed by atoms with Crippen LogP contribution in [0.15, 0.2) is 5.16 Å². The molecule has 0 radical (unpaired) electrons. The van der Waals surface area contributed by atoms with E-state index in [9.17, 15) is 4.79 Å². The van der Waals surface area contributed by atoms with Gasteiger partial charge in [0, 0.05) is 11.5 Å². The minimum atomic E-state index is -0.676. The topological polar surface area (TPSA) is 99.7 Å². The maximum Gasteiger partial charge on any atom is 0.364 e. The summed E-state index contributed by atoms with van der Waals surface area (Å²) in [6.07, 6.45) is 0. The Labute approximate surface area is 83.7 Å². The second kappa shape index (κ2) is 4.51. The number of carbonyl (C=O) groups excluding carboxylic acids is 1. The number of nitrogens with two attached hydrogens (primary N) is 1. The van der Waals surface area contributed by atoms with Crippen LogP contribution >= 0.6 is 11.5 Å². The molecule has 0 aliphatic rings. The molecule has 7 nitrogen and oxygen atoms in total. The van der Waals surface area contributed by atoms with Crippen LogP contribution in [0.5, 0.6) is 0 Å². The summed E-state index contributed by atoms with van der Waals surface area (Å²) in [6.45, 7) is 0. The molecule has 1 rings (SSSR count). The maximum absolute atomic E-state index is 11.2. The number of anilines is 1. The van der Waals surface area contributed by atoms with Gasteiger partial charge in [-0.2, -0.15) is 9.36 Å². The Morgan fingerprint density at radius 2 is 2.29 bits per heavy atom. The van der Waals surface area contributed by atoms with Gasteiger partial charge in [-0.3, -0.25) is 0 Å². The zero-order valence-corrected chi connectivity index (χ0v) is 8.37. The Bertz CT molecular complexity index is 362. The molecule has 0 saturated heterocycles. The SMILES string of the molecule is CO/N=C(/C(=O)OC)c1nsc(N)n1. The summed E-state index contributed by atoms with van der Waals surface area (Å²) in [7, 11) is 2.53. The average molecular weight is 216 g/mol. The van der Waals surface area contributed by atoms with Crippen molar-refractivity contribution < 1.29 is 14.4 Å². The highest BCUT2D eigenvalue weighted by atomic mass is 32.1. The van der Waals surface area contributed by atoms with Gasteiger partial charge in [0.1, 0.15) is 7.11 Å². The molecule has 0 aliphatic heterocycles. The molecular formula is C6H8N4O3S. The predicted molar refractivity (Wildman–Crippen MR) is 49.9 cm³/mol. The standard InChI is InChI=1S/C6H8N4O3S/c1-12-5(11)3(9-13-2)4-8-6(7)14-10-4/h1-2H3,(H2,7,8,10)/b9-3+. The van der Waals surface area contributed by atoms with Crippen LogP contribution in [0.4, 0.5) is 5.13 Å². The molecule has 8 heteroatoms. The molecule has 2 N–H and O–H groups in total. The summed E-state index contributed by atoms with van der Waals surface area (Å²) in [5.41, 5.74) is 5.24. The van der Waals surface area contributed by atoms with E-state index in [4.69, 9.17) is 5.73 Å². The molecular weight excluding hydrogens is 208 g/mol. The van der Waals surface area contributed by atoms with Gasteiger partial charge in [-0.15, -0.1) is 0 Å². The van der Waals surface area contributed by atoms with Crippen molar-refractivity contribution in [1.82, 2.24) is 9.36 Å². The Morgan fingerprint density at radius 1 is 1.57 bits per heavy atom. The van der Waals surface area contributed by atoms with Crippen molar-refractivity contribution in [2.24, 2.45) is 5.16 Å². The van der Waals surface area contributed by atoms with E-state index in [-0.39, 0.29) is 16.7 Å². The Balaban J connectivity index is 3.00. The summed E-state index contributed by atoms with van der Waals surface area (Å²) >= 11 is 0.959. The van der Waals surface area contributed by atoms with E-state index in [1.807, 2.05) is 0 Å². The number of oxime groups is 1. The zero-order chi connectivity index (χ0) is 10.6. The first-order valence-electron chi connectivity index (χ1n) is 3.48. The van der Waals surface area contributed by atoms with Crippen LogP contribution in [0.1, 0.15) is 5.82 Å². The average Bonchev–Trinajstić information content (AvgIpc) is 2.60. The molecule has 0 spiro atoms. The summed E-state index contributed by atoms with van der Waals surface area (Å²) in [5, 5.41) is 3.69. The smallest absolute Gasteiger partial charge is 0.364 e. The van der Waals surface area contributed by atoms with Crippen molar-refractivity contribution >= 4 is 28.3 Å². The highest BCUT2D eigenvalue weighted by Crippen LogP contribution is 2.07.